The molecule has 0 aromatic rings. The Kier molecular flexibility index (Phi) is 4.45. The van der Waals surface area contributed by atoms with Crippen molar-refractivity contribution >= 4 is 0 Å². The highest BCUT2D eigenvalue weighted by Crippen LogP contribution is 2.23. The van der Waals surface area contributed by atoms with Crippen molar-refractivity contribution in [1.82, 2.24) is 10.6 Å². The Balaban J connectivity index is 1.63. The molecule has 2 nitrogen and oxygen atoms in total. The van der Waals surface area contributed by atoms with Crippen LogP contribution < -0.4 is 10.6 Å². The van der Waals surface area contributed by atoms with Crippen molar-refractivity contribution < 1.29 is 0 Å². The topological polar surface area (TPSA) is 24.1 Å². The molecule has 2 aliphatic rings. The van der Waals surface area contributed by atoms with E-state index in [-0.39, 0.29) is 0 Å². The van der Waals surface area contributed by atoms with Gasteiger partial charge in [-0.3, -0.25) is 0 Å². The van der Waals surface area contributed by atoms with Crippen molar-refractivity contribution in [3.8, 4) is 0 Å². The molecule has 1 aliphatic carbocycles. The lowest BCUT2D eigenvalue weighted by molar-refractivity contribution is 0.274. The second-order valence-corrected chi connectivity index (χ2v) is 5.59. The first-order valence-electron chi connectivity index (χ1n) is 6.78. The SMILES string of the molecule is CC1CCCC(NCC2CCCNC2)C1. The molecule has 1 saturated carbocycles. The third kappa shape index (κ3) is 3.76. The van der Waals surface area contributed by atoms with Gasteiger partial charge in [-0.15, -0.1) is 0 Å². The first-order valence-corrected chi connectivity index (χ1v) is 6.78. The van der Waals surface area contributed by atoms with Crippen LogP contribution in [-0.4, -0.2) is 25.7 Å². The Morgan fingerprint density at radius 1 is 1.20 bits per heavy atom. The van der Waals surface area contributed by atoms with Crippen LogP contribution in [0, 0.1) is 11.8 Å². The molecule has 0 bridgehead atoms. The molecule has 2 N–H and O–H groups in total. The average Bonchev–Trinajstić information content (AvgIpc) is 2.28. The highest BCUT2D eigenvalue weighted by Gasteiger charge is 2.20. The highest BCUT2D eigenvalue weighted by molar-refractivity contribution is 4.78. The van der Waals surface area contributed by atoms with E-state index in [0.717, 1.165) is 17.9 Å². The summed E-state index contributed by atoms with van der Waals surface area (Å²) in [6.07, 6.45) is 8.48. The van der Waals surface area contributed by atoms with E-state index >= 15 is 0 Å². The molecule has 0 radical (unpaired) electrons. The fraction of sp³-hybridized carbons (Fsp3) is 1.00. The molecule has 88 valence electrons. The highest BCUT2D eigenvalue weighted by atomic mass is 14.9. The van der Waals surface area contributed by atoms with Crippen LogP contribution in [0.4, 0.5) is 0 Å². The maximum atomic E-state index is 3.78. The number of rotatable bonds is 3. The third-order valence-corrected chi connectivity index (χ3v) is 4.03. The van der Waals surface area contributed by atoms with Crippen LogP contribution in [0.15, 0.2) is 0 Å². The molecular weight excluding hydrogens is 184 g/mol. The van der Waals surface area contributed by atoms with E-state index in [9.17, 15) is 0 Å². The van der Waals surface area contributed by atoms with E-state index < -0.39 is 0 Å². The molecule has 0 aromatic heterocycles. The Morgan fingerprint density at radius 3 is 2.87 bits per heavy atom. The molecule has 1 aliphatic heterocycles. The zero-order valence-electron chi connectivity index (χ0n) is 10.1. The Bertz CT molecular complexity index is 175. The van der Waals surface area contributed by atoms with Crippen molar-refractivity contribution in [3.05, 3.63) is 0 Å². The zero-order valence-corrected chi connectivity index (χ0v) is 10.1. The minimum absolute atomic E-state index is 0.815. The van der Waals surface area contributed by atoms with Crippen LogP contribution in [0.2, 0.25) is 0 Å². The van der Waals surface area contributed by atoms with Gasteiger partial charge in [0.2, 0.25) is 0 Å². The molecule has 2 rings (SSSR count). The molecular formula is C13H26N2. The van der Waals surface area contributed by atoms with Gasteiger partial charge in [-0.1, -0.05) is 19.8 Å². The molecule has 3 unspecified atom stereocenters. The van der Waals surface area contributed by atoms with E-state index in [1.165, 1.54) is 58.2 Å². The van der Waals surface area contributed by atoms with Crippen molar-refractivity contribution in [2.24, 2.45) is 11.8 Å². The summed E-state index contributed by atoms with van der Waals surface area (Å²) < 4.78 is 0. The molecule has 0 spiro atoms. The minimum atomic E-state index is 0.815. The molecule has 0 amide bonds. The van der Waals surface area contributed by atoms with Gasteiger partial charge in [-0.25, -0.2) is 0 Å². The summed E-state index contributed by atoms with van der Waals surface area (Å²) in [6.45, 7) is 6.10. The zero-order chi connectivity index (χ0) is 10.5. The van der Waals surface area contributed by atoms with Gasteiger partial charge in [0, 0.05) is 6.04 Å². The summed E-state index contributed by atoms with van der Waals surface area (Å²) in [4.78, 5) is 0. The van der Waals surface area contributed by atoms with Crippen LogP contribution >= 0.6 is 0 Å². The van der Waals surface area contributed by atoms with Crippen molar-refractivity contribution in [2.75, 3.05) is 19.6 Å². The van der Waals surface area contributed by atoms with Gasteiger partial charge in [-0.2, -0.15) is 0 Å². The van der Waals surface area contributed by atoms with Gasteiger partial charge in [0.25, 0.3) is 0 Å². The maximum absolute atomic E-state index is 3.78. The van der Waals surface area contributed by atoms with Crippen LogP contribution in [0.3, 0.4) is 0 Å². The standard InChI is InChI=1S/C13H26N2/c1-11-4-2-6-13(8-11)15-10-12-5-3-7-14-9-12/h11-15H,2-10H2,1H3. The smallest absolute Gasteiger partial charge is 0.00697 e. The fourth-order valence-corrected chi connectivity index (χ4v) is 3.05. The Morgan fingerprint density at radius 2 is 2.13 bits per heavy atom. The fourth-order valence-electron chi connectivity index (χ4n) is 3.05. The third-order valence-electron chi connectivity index (χ3n) is 4.03. The molecule has 3 atom stereocenters. The van der Waals surface area contributed by atoms with E-state index in [1.807, 2.05) is 0 Å². The summed E-state index contributed by atoms with van der Waals surface area (Å²) >= 11 is 0. The summed E-state index contributed by atoms with van der Waals surface area (Å²) in [6, 6.07) is 0.815. The summed E-state index contributed by atoms with van der Waals surface area (Å²) in [5, 5.41) is 7.27. The number of piperidine rings is 1. The van der Waals surface area contributed by atoms with E-state index in [0.29, 0.717) is 0 Å². The summed E-state index contributed by atoms with van der Waals surface area (Å²) in [5.41, 5.74) is 0. The van der Waals surface area contributed by atoms with Gasteiger partial charge in [0.15, 0.2) is 0 Å². The van der Waals surface area contributed by atoms with Gasteiger partial charge in [0.1, 0.15) is 0 Å². The first-order chi connectivity index (χ1) is 7.34. The molecule has 2 fully saturated rings. The monoisotopic (exact) mass is 210 g/mol. The van der Waals surface area contributed by atoms with Gasteiger partial charge in [-0.05, 0) is 57.2 Å². The molecule has 2 heteroatoms. The largest absolute Gasteiger partial charge is 0.316 e. The van der Waals surface area contributed by atoms with Gasteiger partial charge < -0.3 is 10.6 Å². The second kappa shape index (κ2) is 5.86. The first kappa shape index (κ1) is 11.4. The predicted octanol–water partition coefficient (Wildman–Crippen LogP) is 2.15. The Hall–Kier alpha value is -0.0800. The number of hydrogen-bond donors (Lipinski definition) is 2. The number of hydrogen-bond acceptors (Lipinski definition) is 2. The predicted molar refractivity (Wildman–Crippen MR) is 65.0 cm³/mol. The van der Waals surface area contributed by atoms with E-state index in [2.05, 4.69) is 17.6 Å². The summed E-state index contributed by atoms with van der Waals surface area (Å²) in [7, 11) is 0. The molecule has 0 aromatic carbocycles. The van der Waals surface area contributed by atoms with Crippen molar-refractivity contribution in [2.45, 2.75) is 51.5 Å². The quantitative estimate of drug-likeness (QED) is 0.746. The Labute approximate surface area is 94.2 Å². The maximum Gasteiger partial charge on any atom is 0.00697 e. The van der Waals surface area contributed by atoms with Gasteiger partial charge >= 0.3 is 0 Å². The molecule has 1 heterocycles. The van der Waals surface area contributed by atoms with Crippen LogP contribution in [0.5, 0.6) is 0 Å². The van der Waals surface area contributed by atoms with Crippen LogP contribution in [0.25, 0.3) is 0 Å². The van der Waals surface area contributed by atoms with E-state index in [4.69, 9.17) is 0 Å². The van der Waals surface area contributed by atoms with Crippen LogP contribution in [0.1, 0.15) is 45.4 Å². The van der Waals surface area contributed by atoms with Crippen LogP contribution in [-0.2, 0) is 0 Å². The normalized spacial score (nSPS) is 37.8. The van der Waals surface area contributed by atoms with Crippen molar-refractivity contribution in [1.29, 1.82) is 0 Å². The number of nitrogens with one attached hydrogen (secondary N) is 2. The molecule has 15 heavy (non-hydrogen) atoms. The van der Waals surface area contributed by atoms with E-state index in [1.54, 1.807) is 0 Å². The summed E-state index contributed by atoms with van der Waals surface area (Å²) in [5.74, 6) is 1.83. The molecule has 1 saturated heterocycles. The lowest BCUT2D eigenvalue weighted by Gasteiger charge is -2.30. The average molecular weight is 210 g/mol. The van der Waals surface area contributed by atoms with Gasteiger partial charge in [0.05, 0.1) is 0 Å². The second-order valence-electron chi connectivity index (χ2n) is 5.59. The van der Waals surface area contributed by atoms with Crippen molar-refractivity contribution in [3.63, 3.8) is 0 Å². The minimum Gasteiger partial charge on any atom is -0.316 e. The lowest BCUT2D eigenvalue weighted by atomic mass is 9.86. The lowest BCUT2D eigenvalue weighted by Crippen LogP contribution is -2.41.